The highest BCUT2D eigenvalue weighted by molar-refractivity contribution is 5.38. The van der Waals surface area contributed by atoms with Crippen LogP contribution in [0.5, 0.6) is 11.5 Å². The van der Waals surface area contributed by atoms with E-state index >= 15 is 0 Å². The Kier molecular flexibility index (Phi) is 9.72. The molecule has 0 atom stereocenters. The lowest BCUT2D eigenvalue weighted by Crippen LogP contribution is -2.13. The zero-order valence-corrected chi connectivity index (χ0v) is 14.9. The Morgan fingerprint density at radius 2 is 1.36 bits per heavy atom. The molecule has 0 unspecified atom stereocenters. The molecule has 0 spiro atoms. The van der Waals surface area contributed by atoms with E-state index < -0.39 is 0 Å². The summed E-state index contributed by atoms with van der Waals surface area (Å²) in [5.41, 5.74) is 1.31. The summed E-state index contributed by atoms with van der Waals surface area (Å²) in [5, 5.41) is 0. The minimum atomic E-state index is 0.784. The van der Waals surface area contributed by atoms with Crippen LogP contribution in [-0.4, -0.2) is 38.8 Å². The van der Waals surface area contributed by atoms with Crippen LogP contribution in [0.3, 0.4) is 0 Å². The highest BCUT2D eigenvalue weighted by Gasteiger charge is 2.04. The van der Waals surface area contributed by atoms with Crippen molar-refractivity contribution in [2.45, 2.75) is 52.4 Å². The largest absolute Gasteiger partial charge is 0.493 e. The van der Waals surface area contributed by atoms with Crippen LogP contribution in [0.15, 0.2) is 18.2 Å². The van der Waals surface area contributed by atoms with E-state index in [1.807, 2.05) is 6.07 Å². The standard InChI is InChI=1S/C19H33NO2/c1-5-7-12-21-18-14-17(10-9-11-20(3)4)15-19(16-18)22-13-8-6-2/h14-16H,5-13H2,1-4H3. The molecule has 0 saturated heterocycles. The fourth-order valence-electron chi connectivity index (χ4n) is 2.21. The number of ether oxygens (including phenoxy) is 2. The molecule has 0 N–H and O–H groups in total. The van der Waals surface area contributed by atoms with Gasteiger partial charge in [-0.3, -0.25) is 0 Å². The molecule has 0 aromatic heterocycles. The summed E-state index contributed by atoms with van der Waals surface area (Å²) >= 11 is 0. The van der Waals surface area contributed by atoms with Crippen LogP contribution in [0.2, 0.25) is 0 Å². The second-order valence-electron chi connectivity index (χ2n) is 6.12. The third-order valence-electron chi connectivity index (χ3n) is 3.54. The zero-order chi connectivity index (χ0) is 16.2. The van der Waals surface area contributed by atoms with Gasteiger partial charge in [0.25, 0.3) is 0 Å². The van der Waals surface area contributed by atoms with Crippen molar-refractivity contribution in [1.29, 1.82) is 0 Å². The maximum atomic E-state index is 5.87. The molecule has 22 heavy (non-hydrogen) atoms. The van der Waals surface area contributed by atoms with Gasteiger partial charge in [0, 0.05) is 6.07 Å². The molecule has 1 aromatic carbocycles. The Morgan fingerprint density at radius 1 is 0.818 bits per heavy atom. The maximum Gasteiger partial charge on any atom is 0.123 e. The number of hydrogen-bond acceptors (Lipinski definition) is 3. The first-order valence-corrected chi connectivity index (χ1v) is 8.70. The normalized spacial score (nSPS) is 11.0. The van der Waals surface area contributed by atoms with Gasteiger partial charge in [-0.2, -0.15) is 0 Å². The predicted octanol–water partition coefficient (Wildman–Crippen LogP) is 4.54. The van der Waals surface area contributed by atoms with Gasteiger partial charge in [-0.1, -0.05) is 26.7 Å². The molecular weight excluding hydrogens is 274 g/mol. The van der Waals surface area contributed by atoms with Crippen molar-refractivity contribution in [3.05, 3.63) is 23.8 Å². The monoisotopic (exact) mass is 307 g/mol. The van der Waals surface area contributed by atoms with Gasteiger partial charge in [-0.05, 0) is 64.0 Å². The molecular formula is C19H33NO2. The summed E-state index contributed by atoms with van der Waals surface area (Å²) in [6.07, 6.45) is 6.71. The Morgan fingerprint density at radius 3 is 1.82 bits per heavy atom. The lowest BCUT2D eigenvalue weighted by molar-refractivity contribution is 0.293. The van der Waals surface area contributed by atoms with Crippen LogP contribution in [0.1, 0.15) is 51.5 Å². The molecule has 3 heteroatoms. The SMILES string of the molecule is CCCCOc1cc(CCCN(C)C)cc(OCCCC)c1. The summed E-state index contributed by atoms with van der Waals surface area (Å²) in [4.78, 5) is 2.22. The van der Waals surface area contributed by atoms with Crippen LogP contribution in [0, 0.1) is 0 Å². The molecule has 0 radical (unpaired) electrons. The number of unbranched alkanes of at least 4 members (excludes halogenated alkanes) is 2. The molecule has 0 amide bonds. The van der Waals surface area contributed by atoms with Gasteiger partial charge in [0.15, 0.2) is 0 Å². The number of aryl methyl sites for hydroxylation is 1. The van der Waals surface area contributed by atoms with Crippen molar-refractivity contribution in [3.63, 3.8) is 0 Å². The summed E-state index contributed by atoms with van der Waals surface area (Å²) < 4.78 is 11.7. The number of benzene rings is 1. The first-order valence-electron chi connectivity index (χ1n) is 8.70. The third kappa shape index (κ3) is 8.28. The van der Waals surface area contributed by atoms with Gasteiger partial charge in [0.05, 0.1) is 13.2 Å². The number of rotatable bonds is 12. The van der Waals surface area contributed by atoms with Crippen LogP contribution >= 0.6 is 0 Å². The van der Waals surface area contributed by atoms with Crippen molar-refractivity contribution < 1.29 is 9.47 Å². The summed E-state index contributed by atoms with van der Waals surface area (Å²) in [6, 6.07) is 6.36. The lowest BCUT2D eigenvalue weighted by Gasteiger charge is -2.13. The van der Waals surface area contributed by atoms with Crippen LogP contribution < -0.4 is 9.47 Å². The molecule has 3 nitrogen and oxygen atoms in total. The molecule has 0 fully saturated rings. The number of nitrogens with zero attached hydrogens (tertiary/aromatic N) is 1. The molecule has 0 aliphatic rings. The Hall–Kier alpha value is -1.22. The second kappa shape index (κ2) is 11.4. The highest BCUT2D eigenvalue weighted by atomic mass is 16.5. The van der Waals surface area contributed by atoms with Crippen molar-refractivity contribution in [2.24, 2.45) is 0 Å². The van der Waals surface area contributed by atoms with Gasteiger partial charge < -0.3 is 14.4 Å². The lowest BCUT2D eigenvalue weighted by atomic mass is 10.1. The third-order valence-corrected chi connectivity index (χ3v) is 3.54. The zero-order valence-electron chi connectivity index (χ0n) is 14.9. The van der Waals surface area contributed by atoms with E-state index in [-0.39, 0.29) is 0 Å². The molecule has 0 aliphatic heterocycles. The average Bonchev–Trinajstić information content (AvgIpc) is 2.47. The van der Waals surface area contributed by atoms with Gasteiger partial charge in [0.2, 0.25) is 0 Å². The smallest absolute Gasteiger partial charge is 0.123 e. The Labute approximate surface area is 136 Å². The Balaban J connectivity index is 2.65. The van der Waals surface area contributed by atoms with Crippen LogP contribution in [0.4, 0.5) is 0 Å². The van der Waals surface area contributed by atoms with E-state index in [0.29, 0.717) is 0 Å². The van der Waals surface area contributed by atoms with E-state index in [4.69, 9.17) is 9.47 Å². The fourth-order valence-corrected chi connectivity index (χ4v) is 2.21. The van der Waals surface area contributed by atoms with E-state index in [9.17, 15) is 0 Å². The first-order chi connectivity index (χ1) is 10.7. The van der Waals surface area contributed by atoms with Gasteiger partial charge in [-0.25, -0.2) is 0 Å². The van der Waals surface area contributed by atoms with Crippen molar-refractivity contribution >= 4 is 0 Å². The summed E-state index contributed by atoms with van der Waals surface area (Å²) in [6.45, 7) is 7.03. The van der Waals surface area contributed by atoms with E-state index in [1.54, 1.807) is 0 Å². The topological polar surface area (TPSA) is 21.7 Å². The van der Waals surface area contributed by atoms with Crippen LogP contribution in [0.25, 0.3) is 0 Å². The van der Waals surface area contributed by atoms with E-state index in [0.717, 1.165) is 69.8 Å². The van der Waals surface area contributed by atoms with Gasteiger partial charge in [0.1, 0.15) is 11.5 Å². The van der Waals surface area contributed by atoms with Crippen molar-refractivity contribution in [3.8, 4) is 11.5 Å². The predicted molar refractivity (Wildman–Crippen MR) is 94.1 cm³/mol. The van der Waals surface area contributed by atoms with E-state index in [2.05, 4.69) is 45.0 Å². The highest BCUT2D eigenvalue weighted by Crippen LogP contribution is 2.24. The molecule has 0 saturated carbocycles. The first kappa shape index (κ1) is 18.8. The van der Waals surface area contributed by atoms with Gasteiger partial charge >= 0.3 is 0 Å². The minimum Gasteiger partial charge on any atom is -0.493 e. The van der Waals surface area contributed by atoms with Crippen LogP contribution in [-0.2, 0) is 6.42 Å². The Bertz CT molecular complexity index is 376. The minimum absolute atomic E-state index is 0.784. The molecule has 1 rings (SSSR count). The summed E-state index contributed by atoms with van der Waals surface area (Å²) in [7, 11) is 4.23. The fraction of sp³-hybridized carbons (Fsp3) is 0.684. The second-order valence-corrected chi connectivity index (χ2v) is 6.12. The van der Waals surface area contributed by atoms with Gasteiger partial charge in [-0.15, -0.1) is 0 Å². The van der Waals surface area contributed by atoms with Crippen molar-refractivity contribution in [1.82, 2.24) is 4.90 Å². The molecule has 0 aliphatic carbocycles. The molecule has 0 heterocycles. The molecule has 1 aromatic rings. The average molecular weight is 307 g/mol. The van der Waals surface area contributed by atoms with Crippen molar-refractivity contribution in [2.75, 3.05) is 33.9 Å². The molecule has 126 valence electrons. The quantitative estimate of drug-likeness (QED) is 0.529. The number of hydrogen-bond donors (Lipinski definition) is 0. The summed E-state index contributed by atoms with van der Waals surface area (Å²) in [5.74, 6) is 1.89. The molecule has 0 bridgehead atoms. The maximum absolute atomic E-state index is 5.87. The van der Waals surface area contributed by atoms with E-state index in [1.165, 1.54) is 5.56 Å².